The first-order valence-corrected chi connectivity index (χ1v) is 6.35. The van der Waals surface area contributed by atoms with Gasteiger partial charge in [-0.2, -0.15) is 0 Å². The minimum atomic E-state index is -0.641. The molecule has 1 aliphatic rings. The van der Waals surface area contributed by atoms with Gasteiger partial charge in [0.1, 0.15) is 0 Å². The summed E-state index contributed by atoms with van der Waals surface area (Å²) in [6.07, 6.45) is -0.641. The zero-order chi connectivity index (χ0) is 14.1. The van der Waals surface area contributed by atoms with E-state index >= 15 is 0 Å². The number of imide groups is 1. The Hall–Kier alpha value is -2.56. The molecule has 1 N–H and O–H groups in total. The van der Waals surface area contributed by atoms with Crippen LogP contribution in [0.1, 0.15) is 11.6 Å². The summed E-state index contributed by atoms with van der Waals surface area (Å²) in [5.41, 5.74) is 0.937. The first-order chi connectivity index (χ1) is 9.72. The second kappa shape index (κ2) is 4.85. The van der Waals surface area contributed by atoms with E-state index in [-0.39, 0.29) is 6.04 Å². The summed E-state index contributed by atoms with van der Waals surface area (Å²) >= 11 is 0. The summed E-state index contributed by atoms with van der Waals surface area (Å²) in [6, 6.07) is 13.0. The highest BCUT2D eigenvalue weighted by molar-refractivity contribution is 5.95. The Morgan fingerprint density at radius 3 is 2.80 bits per heavy atom. The average Bonchev–Trinajstić information content (AvgIpc) is 2.87. The van der Waals surface area contributed by atoms with E-state index in [4.69, 9.17) is 4.74 Å². The molecule has 5 heteroatoms. The van der Waals surface area contributed by atoms with Crippen molar-refractivity contribution < 1.29 is 14.3 Å². The van der Waals surface area contributed by atoms with Gasteiger partial charge in [-0.25, -0.2) is 14.5 Å². The molecule has 20 heavy (non-hydrogen) atoms. The van der Waals surface area contributed by atoms with Crippen molar-refractivity contribution in [1.29, 1.82) is 0 Å². The molecule has 1 saturated heterocycles. The maximum atomic E-state index is 11.8. The molecule has 1 atom stereocenters. The lowest BCUT2D eigenvalue weighted by Gasteiger charge is -2.21. The lowest BCUT2D eigenvalue weighted by molar-refractivity contribution is 0.127. The fraction of sp³-hybridized carbons (Fsp3) is 0.200. The van der Waals surface area contributed by atoms with Gasteiger partial charge in [-0.15, -0.1) is 0 Å². The molecule has 1 aliphatic heterocycles. The van der Waals surface area contributed by atoms with E-state index in [9.17, 15) is 9.59 Å². The number of nitrogens with zero attached hydrogens (tertiary/aromatic N) is 1. The molecule has 0 bridgehead atoms. The molecule has 3 amide bonds. The van der Waals surface area contributed by atoms with Gasteiger partial charge >= 0.3 is 12.1 Å². The number of urea groups is 1. The molecule has 1 heterocycles. The first kappa shape index (κ1) is 12.5. The van der Waals surface area contributed by atoms with E-state index in [2.05, 4.69) is 5.32 Å². The second-order valence-corrected chi connectivity index (χ2v) is 4.61. The number of methoxy groups -OCH3 is 1. The number of hydrogen-bond donors (Lipinski definition) is 1. The normalized spacial score (nSPS) is 18.1. The molecule has 2 aromatic rings. The third kappa shape index (κ3) is 1.87. The predicted octanol–water partition coefficient (Wildman–Crippen LogP) is 2.67. The van der Waals surface area contributed by atoms with Crippen molar-refractivity contribution in [2.24, 2.45) is 0 Å². The minimum Gasteiger partial charge on any atom is -0.452 e. The molecule has 0 saturated carbocycles. The quantitative estimate of drug-likeness (QED) is 0.866. The number of rotatable bonds is 1. The van der Waals surface area contributed by atoms with Gasteiger partial charge in [0.25, 0.3) is 0 Å². The number of nitrogens with one attached hydrogen (secondary N) is 1. The summed E-state index contributed by atoms with van der Waals surface area (Å²) in [4.78, 5) is 24.7. The van der Waals surface area contributed by atoms with E-state index < -0.39 is 12.1 Å². The smallest absolute Gasteiger partial charge is 0.418 e. The molecular weight excluding hydrogens is 256 g/mol. The molecule has 3 rings (SSSR count). The van der Waals surface area contributed by atoms with Gasteiger partial charge in [0.2, 0.25) is 0 Å². The summed E-state index contributed by atoms with van der Waals surface area (Å²) in [7, 11) is 1.27. The molecule has 2 aromatic carbocycles. The van der Waals surface area contributed by atoms with Crippen molar-refractivity contribution in [3.8, 4) is 0 Å². The van der Waals surface area contributed by atoms with Gasteiger partial charge in [-0.1, -0.05) is 42.5 Å². The molecule has 0 aromatic heterocycles. The number of benzene rings is 2. The van der Waals surface area contributed by atoms with Gasteiger partial charge in [0, 0.05) is 6.54 Å². The summed E-state index contributed by atoms with van der Waals surface area (Å²) in [5, 5.41) is 4.79. The minimum absolute atomic E-state index is 0.346. The largest absolute Gasteiger partial charge is 0.452 e. The number of carbonyl (C=O) groups excluding carboxylic acids is 2. The molecule has 102 valence electrons. The van der Waals surface area contributed by atoms with Crippen LogP contribution < -0.4 is 5.32 Å². The number of hydrogen-bond acceptors (Lipinski definition) is 3. The van der Waals surface area contributed by atoms with Crippen LogP contribution in [0.25, 0.3) is 10.8 Å². The summed E-state index contributed by atoms with van der Waals surface area (Å²) in [6.45, 7) is 0.391. The van der Waals surface area contributed by atoms with Crippen LogP contribution in [0.2, 0.25) is 0 Å². The second-order valence-electron chi connectivity index (χ2n) is 4.61. The fourth-order valence-corrected chi connectivity index (χ4v) is 2.60. The fourth-order valence-electron chi connectivity index (χ4n) is 2.60. The topological polar surface area (TPSA) is 58.6 Å². The predicted molar refractivity (Wildman–Crippen MR) is 74.3 cm³/mol. The van der Waals surface area contributed by atoms with Crippen molar-refractivity contribution in [2.75, 3.05) is 13.7 Å². The maximum Gasteiger partial charge on any atom is 0.418 e. The van der Waals surface area contributed by atoms with Crippen LogP contribution in [0.4, 0.5) is 9.59 Å². The van der Waals surface area contributed by atoms with E-state index in [0.717, 1.165) is 21.2 Å². The van der Waals surface area contributed by atoms with E-state index in [1.165, 1.54) is 7.11 Å². The van der Waals surface area contributed by atoms with Crippen molar-refractivity contribution in [1.82, 2.24) is 10.2 Å². The van der Waals surface area contributed by atoms with Crippen molar-refractivity contribution in [3.63, 3.8) is 0 Å². The van der Waals surface area contributed by atoms with Gasteiger partial charge in [0.15, 0.2) is 0 Å². The van der Waals surface area contributed by atoms with Gasteiger partial charge < -0.3 is 10.1 Å². The van der Waals surface area contributed by atoms with Crippen LogP contribution in [0.5, 0.6) is 0 Å². The highest BCUT2D eigenvalue weighted by Gasteiger charge is 2.38. The average molecular weight is 270 g/mol. The number of amides is 3. The zero-order valence-corrected chi connectivity index (χ0v) is 11.0. The monoisotopic (exact) mass is 270 g/mol. The highest BCUT2D eigenvalue weighted by Crippen LogP contribution is 2.31. The Morgan fingerprint density at radius 1 is 1.25 bits per heavy atom. The molecule has 0 aliphatic carbocycles. The Bertz CT molecular complexity index is 678. The number of ether oxygens (including phenoxy) is 1. The van der Waals surface area contributed by atoms with Crippen LogP contribution in [0.3, 0.4) is 0 Å². The number of fused-ring (bicyclic) bond motifs is 1. The third-order valence-corrected chi connectivity index (χ3v) is 3.53. The van der Waals surface area contributed by atoms with Gasteiger partial charge in [-0.3, -0.25) is 0 Å². The molecule has 0 spiro atoms. The standard InChI is InChI=1S/C15H14N2O3/c1-20-15(19)17-13(9-16-14(17)18)12-8-4-6-10-5-2-3-7-11(10)12/h2-8,13H,9H2,1H3,(H,16,18). The van der Waals surface area contributed by atoms with Crippen LogP contribution in [0.15, 0.2) is 42.5 Å². The van der Waals surface area contributed by atoms with Crippen LogP contribution >= 0.6 is 0 Å². The van der Waals surface area contributed by atoms with Crippen LogP contribution in [-0.2, 0) is 4.74 Å². The zero-order valence-electron chi connectivity index (χ0n) is 11.0. The SMILES string of the molecule is COC(=O)N1C(=O)NCC1c1cccc2ccccc12. The molecule has 1 fully saturated rings. The third-order valence-electron chi connectivity index (χ3n) is 3.53. The molecule has 0 radical (unpaired) electrons. The Morgan fingerprint density at radius 2 is 2.00 bits per heavy atom. The molecule has 1 unspecified atom stereocenters. The van der Waals surface area contributed by atoms with Gasteiger partial charge in [0.05, 0.1) is 13.2 Å². The van der Waals surface area contributed by atoms with Crippen molar-refractivity contribution in [2.45, 2.75) is 6.04 Å². The van der Waals surface area contributed by atoms with Crippen LogP contribution in [-0.4, -0.2) is 30.7 Å². The van der Waals surface area contributed by atoms with E-state index in [1.54, 1.807) is 0 Å². The Kier molecular flexibility index (Phi) is 3.02. The molecule has 5 nitrogen and oxygen atoms in total. The van der Waals surface area contributed by atoms with Crippen LogP contribution in [0, 0.1) is 0 Å². The highest BCUT2D eigenvalue weighted by atomic mass is 16.5. The lowest BCUT2D eigenvalue weighted by Crippen LogP contribution is -2.35. The van der Waals surface area contributed by atoms with E-state index in [1.807, 2.05) is 42.5 Å². The first-order valence-electron chi connectivity index (χ1n) is 6.35. The Balaban J connectivity index is 2.10. The number of carbonyl (C=O) groups is 2. The van der Waals surface area contributed by atoms with Crippen molar-refractivity contribution in [3.05, 3.63) is 48.0 Å². The van der Waals surface area contributed by atoms with Crippen molar-refractivity contribution >= 4 is 22.9 Å². The molecular formula is C15H14N2O3. The lowest BCUT2D eigenvalue weighted by atomic mass is 9.98. The Labute approximate surface area is 116 Å². The maximum absolute atomic E-state index is 11.8. The summed E-state index contributed by atoms with van der Waals surface area (Å²) in [5.74, 6) is 0. The van der Waals surface area contributed by atoms with Gasteiger partial charge in [-0.05, 0) is 16.3 Å². The van der Waals surface area contributed by atoms with E-state index in [0.29, 0.717) is 6.54 Å². The summed E-state index contributed by atoms with van der Waals surface area (Å²) < 4.78 is 4.69.